The van der Waals surface area contributed by atoms with E-state index in [1.807, 2.05) is 31.2 Å². The first-order valence-electron chi connectivity index (χ1n) is 12.4. The second-order valence-corrected chi connectivity index (χ2v) is 10.4. The van der Waals surface area contributed by atoms with Crippen molar-refractivity contribution in [2.75, 3.05) is 30.9 Å². The highest BCUT2D eigenvalue weighted by Gasteiger charge is 2.32. The molecule has 40 heavy (non-hydrogen) atoms. The largest absolute Gasteiger partial charge is 0.417 e. The van der Waals surface area contributed by atoms with Crippen LogP contribution in [0.4, 0.5) is 18.9 Å². The predicted octanol–water partition coefficient (Wildman–Crippen LogP) is 4.69. The molecule has 2 amide bonds. The molecule has 0 bridgehead atoms. The minimum atomic E-state index is -4.53. The Labute approximate surface area is 230 Å². The quantitative estimate of drug-likeness (QED) is 0.378. The number of amides is 2. The molecule has 0 radical (unpaired) electrons. The number of para-hydroxylation sites is 1. The van der Waals surface area contributed by atoms with E-state index in [1.165, 1.54) is 4.90 Å². The summed E-state index contributed by atoms with van der Waals surface area (Å²) in [4.78, 5) is 37.5. The second kappa shape index (κ2) is 11.0. The van der Waals surface area contributed by atoms with Gasteiger partial charge in [0.2, 0.25) is 0 Å². The van der Waals surface area contributed by atoms with E-state index in [2.05, 4.69) is 14.7 Å². The highest BCUT2D eigenvalue weighted by atomic mass is 32.2. The van der Waals surface area contributed by atoms with Gasteiger partial charge in [-0.3, -0.25) is 19.6 Å². The van der Waals surface area contributed by atoms with Crippen LogP contribution in [0.25, 0.3) is 10.9 Å². The van der Waals surface area contributed by atoms with Gasteiger partial charge in [-0.25, -0.2) is 4.21 Å². The monoisotopic (exact) mass is 567 g/mol. The van der Waals surface area contributed by atoms with Gasteiger partial charge >= 0.3 is 6.18 Å². The van der Waals surface area contributed by atoms with Crippen LogP contribution in [0.2, 0.25) is 0 Å². The Hall–Kier alpha value is -4.32. The third-order valence-corrected chi connectivity index (χ3v) is 7.77. The molecule has 1 aliphatic heterocycles. The number of halogens is 3. The number of anilines is 1. The molecule has 206 valence electrons. The van der Waals surface area contributed by atoms with Crippen molar-refractivity contribution in [1.29, 1.82) is 0 Å². The van der Waals surface area contributed by atoms with Gasteiger partial charge in [-0.2, -0.15) is 13.2 Å². The zero-order chi connectivity index (χ0) is 28.4. The number of rotatable bonds is 5. The molecule has 1 N–H and O–H groups in total. The van der Waals surface area contributed by atoms with Gasteiger partial charge in [-0.05, 0) is 55.0 Å². The molecule has 0 spiro atoms. The van der Waals surface area contributed by atoms with Crippen LogP contribution in [0, 0.1) is 6.92 Å². The van der Waals surface area contributed by atoms with Crippen LogP contribution in [0.3, 0.4) is 0 Å². The van der Waals surface area contributed by atoms with Crippen LogP contribution in [0.15, 0.2) is 78.0 Å². The lowest BCUT2D eigenvalue weighted by Crippen LogP contribution is -2.50. The lowest BCUT2D eigenvalue weighted by atomic mass is 10.1. The third-order valence-electron chi connectivity index (χ3n) is 6.64. The number of aryl methyl sites for hydroxylation is 1. The molecule has 1 fully saturated rings. The molecular weight excluding hydrogens is 543 g/mol. The Morgan fingerprint density at radius 3 is 2.25 bits per heavy atom. The van der Waals surface area contributed by atoms with Crippen LogP contribution in [-0.4, -0.2) is 62.0 Å². The van der Waals surface area contributed by atoms with Crippen molar-refractivity contribution in [2.45, 2.75) is 18.0 Å². The van der Waals surface area contributed by atoms with E-state index < -0.39 is 28.6 Å². The first-order chi connectivity index (χ1) is 19.1. The number of nitrogens with zero attached hydrogens (tertiary/aromatic N) is 4. The Kier molecular flexibility index (Phi) is 7.53. The van der Waals surface area contributed by atoms with Crippen molar-refractivity contribution in [3.05, 3.63) is 95.4 Å². The maximum Gasteiger partial charge on any atom is 0.417 e. The molecule has 1 saturated heterocycles. The van der Waals surface area contributed by atoms with Gasteiger partial charge in [-0.15, -0.1) is 0 Å². The molecule has 8 nitrogen and oxygen atoms in total. The van der Waals surface area contributed by atoms with Crippen LogP contribution >= 0.6 is 0 Å². The fourth-order valence-corrected chi connectivity index (χ4v) is 5.52. The van der Waals surface area contributed by atoms with E-state index in [9.17, 15) is 27.0 Å². The second-order valence-electron chi connectivity index (χ2n) is 9.25. The van der Waals surface area contributed by atoms with Crippen LogP contribution in [-0.2, 0) is 17.2 Å². The average molecular weight is 568 g/mol. The summed E-state index contributed by atoms with van der Waals surface area (Å²) in [5.74, 6) is -0.699. The molecule has 1 unspecified atom stereocenters. The molecule has 1 atom stereocenters. The van der Waals surface area contributed by atoms with Gasteiger partial charge in [-0.1, -0.05) is 18.2 Å². The van der Waals surface area contributed by atoms with Gasteiger partial charge < -0.3 is 14.5 Å². The Morgan fingerprint density at radius 1 is 0.900 bits per heavy atom. The number of hydrogen-bond donors (Lipinski definition) is 1. The van der Waals surface area contributed by atoms with Crippen molar-refractivity contribution < 1.29 is 27.0 Å². The van der Waals surface area contributed by atoms with E-state index in [1.54, 1.807) is 35.4 Å². The van der Waals surface area contributed by atoms with Crippen molar-refractivity contribution in [1.82, 2.24) is 19.8 Å². The van der Waals surface area contributed by atoms with Crippen LogP contribution < -0.4 is 4.72 Å². The number of pyridine rings is 2. The number of hydrogen-bond acceptors (Lipinski definition) is 5. The fraction of sp³-hybridized carbons (Fsp3) is 0.214. The van der Waals surface area contributed by atoms with Crippen molar-refractivity contribution in [3.8, 4) is 0 Å². The van der Waals surface area contributed by atoms with E-state index in [0.717, 1.165) is 23.1 Å². The third kappa shape index (κ3) is 5.67. The predicted molar refractivity (Wildman–Crippen MR) is 144 cm³/mol. The highest BCUT2D eigenvalue weighted by Crippen LogP contribution is 2.28. The molecular formula is C28H24F3N5O3S. The first kappa shape index (κ1) is 27.3. The van der Waals surface area contributed by atoms with E-state index in [4.69, 9.17) is 0 Å². The minimum absolute atomic E-state index is 0.0804. The van der Waals surface area contributed by atoms with Crippen LogP contribution in [0.1, 0.15) is 32.0 Å². The standard InChI is InChI=1S/C28H24F3N5O3S/c1-18-16-20(7-9-22(18)34-40(39)24-6-2-4-19-5-3-11-32-25(19)24)26(37)35-12-14-36(15-13-35)27(38)23-10-8-21(17-33-23)28(29,30)31/h2-11,16-17,34H,12-15H2,1H3. The average Bonchev–Trinajstić information content (AvgIpc) is 2.96. The van der Waals surface area contributed by atoms with Crippen LogP contribution in [0.5, 0.6) is 0 Å². The number of piperazine rings is 1. The smallest absolute Gasteiger partial charge is 0.335 e. The molecule has 1 aliphatic rings. The number of nitrogens with one attached hydrogen (secondary N) is 1. The first-order valence-corrected chi connectivity index (χ1v) is 13.5. The van der Waals surface area contributed by atoms with Gasteiger partial charge in [0.15, 0.2) is 11.0 Å². The maximum absolute atomic E-state index is 13.1. The van der Waals surface area contributed by atoms with E-state index >= 15 is 0 Å². The van der Waals surface area contributed by atoms with Gasteiger partial charge in [0.1, 0.15) is 5.69 Å². The summed E-state index contributed by atoms with van der Waals surface area (Å²) in [7, 11) is -1.58. The number of carbonyl (C=O) groups excluding carboxylic acids is 2. The molecule has 4 aromatic rings. The van der Waals surface area contributed by atoms with Crippen molar-refractivity contribution in [2.24, 2.45) is 0 Å². The number of fused-ring (bicyclic) bond motifs is 1. The van der Waals surface area contributed by atoms with Crippen molar-refractivity contribution in [3.63, 3.8) is 0 Å². The Balaban J connectivity index is 1.21. The molecule has 3 heterocycles. The summed E-state index contributed by atoms with van der Waals surface area (Å²) in [6.45, 7) is 2.80. The minimum Gasteiger partial charge on any atom is -0.335 e. The van der Waals surface area contributed by atoms with E-state index in [-0.39, 0.29) is 37.8 Å². The summed E-state index contributed by atoms with van der Waals surface area (Å²) in [6, 6.07) is 16.1. The topological polar surface area (TPSA) is 95.5 Å². The van der Waals surface area contributed by atoms with E-state index in [0.29, 0.717) is 27.9 Å². The molecule has 12 heteroatoms. The van der Waals surface area contributed by atoms with Gasteiger partial charge in [0.25, 0.3) is 11.8 Å². The summed E-state index contributed by atoms with van der Waals surface area (Å²) in [5, 5.41) is 0.880. The number of benzene rings is 2. The summed E-state index contributed by atoms with van der Waals surface area (Å²) >= 11 is 0. The lowest BCUT2D eigenvalue weighted by Gasteiger charge is -2.34. The summed E-state index contributed by atoms with van der Waals surface area (Å²) < 4.78 is 54.4. The highest BCUT2D eigenvalue weighted by molar-refractivity contribution is 7.86. The molecule has 0 saturated carbocycles. The Morgan fingerprint density at radius 2 is 1.60 bits per heavy atom. The molecule has 2 aromatic carbocycles. The maximum atomic E-state index is 13.1. The summed E-state index contributed by atoms with van der Waals surface area (Å²) in [6.07, 6.45) is -2.24. The normalized spacial score (nSPS) is 14.7. The number of alkyl halides is 3. The molecule has 0 aliphatic carbocycles. The lowest BCUT2D eigenvalue weighted by molar-refractivity contribution is -0.137. The summed E-state index contributed by atoms with van der Waals surface area (Å²) in [5.41, 5.74) is 1.43. The Bertz CT molecular complexity index is 1600. The zero-order valence-corrected chi connectivity index (χ0v) is 22.1. The SMILES string of the molecule is Cc1cc(C(=O)N2CCN(C(=O)c3ccc(C(F)(F)F)cn3)CC2)ccc1NS(=O)c1cccc2cccnc12. The fourth-order valence-electron chi connectivity index (χ4n) is 4.44. The number of carbonyl (C=O) groups is 2. The van der Waals surface area contributed by atoms with Gasteiger partial charge in [0, 0.05) is 55.2 Å². The number of aromatic nitrogens is 2. The molecule has 2 aromatic heterocycles. The van der Waals surface area contributed by atoms with Gasteiger partial charge in [0.05, 0.1) is 16.0 Å². The van der Waals surface area contributed by atoms with Crippen molar-refractivity contribution >= 4 is 39.4 Å². The molecule has 5 rings (SSSR count). The zero-order valence-electron chi connectivity index (χ0n) is 21.3.